The van der Waals surface area contributed by atoms with Crippen LogP contribution in [-0.4, -0.2) is 24.3 Å². The number of nitrogens with two attached hydrogens (primary N) is 1. The molecule has 1 aliphatic heterocycles. The summed E-state index contributed by atoms with van der Waals surface area (Å²) < 4.78 is 13.3. The second-order valence-corrected chi connectivity index (χ2v) is 4.14. The standard InChI is InChI=1S/C12H14FN3O2/c1-7(17)15-6-9-5-12(16-18-9)8-2-3-11(14)10(13)4-8/h2-4,9H,5-6,14H2,1H3,(H,15,17). The van der Waals surface area contributed by atoms with Crippen LogP contribution in [0.2, 0.25) is 0 Å². The zero-order valence-electron chi connectivity index (χ0n) is 9.94. The number of nitrogens with one attached hydrogen (secondary N) is 1. The van der Waals surface area contributed by atoms with E-state index in [1.165, 1.54) is 19.1 Å². The second-order valence-electron chi connectivity index (χ2n) is 4.14. The molecule has 0 saturated heterocycles. The molecule has 6 heteroatoms. The Kier molecular flexibility index (Phi) is 3.45. The van der Waals surface area contributed by atoms with Crippen LogP contribution in [0.4, 0.5) is 10.1 Å². The molecule has 0 aromatic heterocycles. The van der Waals surface area contributed by atoms with Gasteiger partial charge in [0.15, 0.2) is 0 Å². The first-order chi connectivity index (χ1) is 8.56. The summed E-state index contributed by atoms with van der Waals surface area (Å²) in [6, 6.07) is 4.52. The predicted octanol–water partition coefficient (Wildman–Crippen LogP) is 1.04. The number of hydrogen-bond donors (Lipinski definition) is 2. The first-order valence-electron chi connectivity index (χ1n) is 5.59. The van der Waals surface area contributed by atoms with E-state index in [0.29, 0.717) is 24.2 Å². The van der Waals surface area contributed by atoms with Crippen molar-refractivity contribution in [2.24, 2.45) is 5.16 Å². The van der Waals surface area contributed by atoms with E-state index in [-0.39, 0.29) is 17.7 Å². The molecule has 0 aliphatic carbocycles. The molecule has 1 aromatic carbocycles. The Labute approximate surface area is 104 Å². The molecule has 1 aliphatic rings. The van der Waals surface area contributed by atoms with Crippen molar-refractivity contribution >= 4 is 17.3 Å². The topological polar surface area (TPSA) is 76.7 Å². The SMILES string of the molecule is CC(=O)NCC1CC(c2ccc(N)c(F)c2)=NO1. The molecule has 1 amide bonds. The molecule has 5 nitrogen and oxygen atoms in total. The Morgan fingerprint density at radius 1 is 1.67 bits per heavy atom. The molecule has 96 valence electrons. The van der Waals surface area contributed by atoms with Gasteiger partial charge >= 0.3 is 0 Å². The van der Waals surface area contributed by atoms with Gasteiger partial charge < -0.3 is 15.9 Å². The van der Waals surface area contributed by atoms with Gasteiger partial charge in [-0.05, 0) is 12.1 Å². The molecule has 0 saturated carbocycles. The maximum absolute atomic E-state index is 13.3. The monoisotopic (exact) mass is 251 g/mol. The molecule has 1 heterocycles. The van der Waals surface area contributed by atoms with Crippen LogP contribution in [0.1, 0.15) is 18.9 Å². The van der Waals surface area contributed by atoms with Crippen LogP contribution in [0.25, 0.3) is 0 Å². The van der Waals surface area contributed by atoms with Crippen molar-refractivity contribution in [3.63, 3.8) is 0 Å². The summed E-state index contributed by atoms with van der Waals surface area (Å²) in [5, 5.41) is 6.54. The van der Waals surface area contributed by atoms with Gasteiger partial charge in [-0.3, -0.25) is 4.79 Å². The Hall–Kier alpha value is -2.11. The number of oxime groups is 1. The molecule has 3 N–H and O–H groups in total. The highest BCUT2D eigenvalue weighted by atomic mass is 19.1. The number of anilines is 1. The summed E-state index contributed by atoms with van der Waals surface area (Å²) in [6.45, 7) is 1.83. The van der Waals surface area contributed by atoms with Crippen molar-refractivity contribution < 1.29 is 14.0 Å². The number of rotatable bonds is 3. The molecule has 0 bridgehead atoms. The Balaban J connectivity index is 1.99. The lowest BCUT2D eigenvalue weighted by molar-refractivity contribution is -0.119. The van der Waals surface area contributed by atoms with Gasteiger partial charge in [-0.25, -0.2) is 4.39 Å². The average Bonchev–Trinajstić information content (AvgIpc) is 2.79. The summed E-state index contributed by atoms with van der Waals surface area (Å²) in [5.41, 5.74) is 6.81. The largest absolute Gasteiger partial charge is 0.396 e. The van der Waals surface area contributed by atoms with Crippen LogP contribution < -0.4 is 11.1 Å². The summed E-state index contributed by atoms with van der Waals surface area (Å²) in [6.07, 6.45) is 0.327. The summed E-state index contributed by atoms with van der Waals surface area (Å²) in [4.78, 5) is 15.9. The summed E-state index contributed by atoms with van der Waals surface area (Å²) >= 11 is 0. The Bertz CT molecular complexity index is 502. The highest BCUT2D eigenvalue weighted by Crippen LogP contribution is 2.19. The van der Waals surface area contributed by atoms with E-state index in [2.05, 4.69) is 10.5 Å². The Morgan fingerprint density at radius 2 is 2.44 bits per heavy atom. The minimum absolute atomic E-state index is 0.105. The van der Waals surface area contributed by atoms with E-state index >= 15 is 0 Å². The number of halogens is 1. The van der Waals surface area contributed by atoms with Crippen LogP contribution >= 0.6 is 0 Å². The fourth-order valence-electron chi connectivity index (χ4n) is 1.67. The van der Waals surface area contributed by atoms with Crippen molar-refractivity contribution in [3.05, 3.63) is 29.6 Å². The van der Waals surface area contributed by atoms with E-state index in [0.717, 1.165) is 0 Å². The van der Waals surface area contributed by atoms with Crippen LogP contribution in [0.15, 0.2) is 23.4 Å². The number of benzene rings is 1. The first-order valence-corrected chi connectivity index (χ1v) is 5.59. The summed E-state index contributed by atoms with van der Waals surface area (Å²) in [7, 11) is 0. The molecule has 0 radical (unpaired) electrons. The van der Waals surface area contributed by atoms with Crippen LogP contribution in [-0.2, 0) is 9.63 Å². The molecular formula is C12H14FN3O2. The molecule has 0 spiro atoms. The molecule has 18 heavy (non-hydrogen) atoms. The third-order valence-corrected chi connectivity index (χ3v) is 2.65. The maximum Gasteiger partial charge on any atom is 0.217 e. The van der Waals surface area contributed by atoms with Gasteiger partial charge in [0.05, 0.1) is 17.9 Å². The fourth-order valence-corrected chi connectivity index (χ4v) is 1.67. The van der Waals surface area contributed by atoms with E-state index in [1.54, 1.807) is 6.07 Å². The zero-order valence-corrected chi connectivity index (χ0v) is 9.94. The highest BCUT2D eigenvalue weighted by Gasteiger charge is 2.22. The normalized spacial score (nSPS) is 18.1. The molecule has 0 fully saturated rings. The van der Waals surface area contributed by atoms with E-state index in [4.69, 9.17) is 10.6 Å². The second kappa shape index (κ2) is 5.03. The lowest BCUT2D eigenvalue weighted by atomic mass is 10.0. The Morgan fingerprint density at radius 3 is 3.11 bits per heavy atom. The fraction of sp³-hybridized carbons (Fsp3) is 0.333. The van der Waals surface area contributed by atoms with Crippen molar-refractivity contribution in [3.8, 4) is 0 Å². The van der Waals surface area contributed by atoms with Crippen molar-refractivity contribution in [1.29, 1.82) is 0 Å². The summed E-state index contributed by atoms with van der Waals surface area (Å²) in [5.74, 6) is -0.592. The molecule has 1 unspecified atom stereocenters. The van der Waals surface area contributed by atoms with Gasteiger partial charge in [0.2, 0.25) is 5.91 Å². The van der Waals surface area contributed by atoms with Crippen LogP contribution in [0.5, 0.6) is 0 Å². The first kappa shape index (κ1) is 12.3. The molecule has 2 rings (SSSR count). The van der Waals surface area contributed by atoms with E-state index < -0.39 is 5.82 Å². The molecule has 1 aromatic rings. The lowest BCUT2D eigenvalue weighted by Gasteiger charge is -2.07. The van der Waals surface area contributed by atoms with Gasteiger partial charge in [0.25, 0.3) is 0 Å². The zero-order chi connectivity index (χ0) is 13.1. The number of nitrogens with zero attached hydrogens (tertiary/aromatic N) is 1. The average molecular weight is 251 g/mol. The van der Waals surface area contributed by atoms with Gasteiger partial charge in [-0.1, -0.05) is 11.2 Å². The van der Waals surface area contributed by atoms with Crippen molar-refractivity contribution in [2.75, 3.05) is 12.3 Å². The van der Waals surface area contributed by atoms with Gasteiger partial charge in [0, 0.05) is 18.9 Å². The number of carbonyl (C=O) groups excluding carboxylic acids is 1. The molecule has 1 atom stereocenters. The van der Waals surface area contributed by atoms with Crippen LogP contribution in [0.3, 0.4) is 0 Å². The van der Waals surface area contributed by atoms with Crippen molar-refractivity contribution in [2.45, 2.75) is 19.4 Å². The molecular weight excluding hydrogens is 237 g/mol. The van der Waals surface area contributed by atoms with E-state index in [9.17, 15) is 9.18 Å². The predicted molar refractivity (Wildman–Crippen MR) is 65.5 cm³/mol. The smallest absolute Gasteiger partial charge is 0.217 e. The quantitative estimate of drug-likeness (QED) is 0.788. The number of amides is 1. The van der Waals surface area contributed by atoms with E-state index in [1.807, 2.05) is 0 Å². The van der Waals surface area contributed by atoms with Gasteiger partial charge in [-0.15, -0.1) is 0 Å². The van der Waals surface area contributed by atoms with Crippen LogP contribution in [0, 0.1) is 5.82 Å². The minimum Gasteiger partial charge on any atom is -0.396 e. The minimum atomic E-state index is -0.472. The third kappa shape index (κ3) is 2.77. The third-order valence-electron chi connectivity index (χ3n) is 2.65. The number of carbonyl (C=O) groups is 1. The number of hydrogen-bond acceptors (Lipinski definition) is 4. The van der Waals surface area contributed by atoms with Gasteiger partial charge in [0.1, 0.15) is 11.9 Å². The lowest BCUT2D eigenvalue weighted by Crippen LogP contribution is -2.30. The van der Waals surface area contributed by atoms with Crippen molar-refractivity contribution in [1.82, 2.24) is 5.32 Å². The van der Waals surface area contributed by atoms with Gasteiger partial charge in [-0.2, -0.15) is 0 Å². The highest BCUT2D eigenvalue weighted by molar-refractivity contribution is 6.01. The maximum atomic E-state index is 13.3. The number of nitrogen functional groups attached to an aromatic ring is 1.